The molecule has 1 aliphatic carbocycles. The van der Waals surface area contributed by atoms with E-state index in [4.69, 9.17) is 0 Å². The van der Waals surface area contributed by atoms with Gasteiger partial charge in [-0.25, -0.2) is 0 Å². The van der Waals surface area contributed by atoms with Crippen molar-refractivity contribution in [3.05, 3.63) is 59.7 Å². The molecule has 0 bridgehead atoms. The Hall–Kier alpha value is -2.82. The molecule has 0 aromatic heterocycles. The number of hydrogen-bond donors (Lipinski definition) is 2. The third-order valence-electron chi connectivity index (χ3n) is 6.28. The Morgan fingerprint density at radius 1 is 0.935 bits per heavy atom. The molecule has 166 valence electrons. The van der Waals surface area contributed by atoms with Crippen LogP contribution in [-0.2, 0) is 21.5 Å². The second-order valence-corrected chi connectivity index (χ2v) is 9.11. The molecule has 2 aromatic rings. The fraction of sp³-hybridized carbons (Fsp3) is 0.462. The molecule has 0 radical (unpaired) electrons. The van der Waals surface area contributed by atoms with Crippen molar-refractivity contribution >= 4 is 23.2 Å². The van der Waals surface area contributed by atoms with Crippen LogP contribution in [0, 0.1) is 5.92 Å². The van der Waals surface area contributed by atoms with Crippen LogP contribution in [0.2, 0.25) is 0 Å². The number of carbonyl (C=O) groups excluding carboxylic acids is 2. The Morgan fingerprint density at radius 3 is 2.10 bits per heavy atom. The standard InChI is InChI=1S/C26H35N3O2/c1-19(2)24(30)28-22-12-10-21(11-13-22)26(16-6-5-7-17-26)25(31)27-18-20-8-14-23(15-9-20)29(3)4/h8-15,19H,5-7,16-18H2,1-4H3,(H,27,31)(H,28,30). The van der Waals surface area contributed by atoms with Crippen LogP contribution in [0.3, 0.4) is 0 Å². The molecule has 0 heterocycles. The molecule has 2 N–H and O–H groups in total. The van der Waals surface area contributed by atoms with Gasteiger partial charge in [-0.1, -0.05) is 57.4 Å². The second kappa shape index (κ2) is 9.99. The molecular formula is C26H35N3O2. The van der Waals surface area contributed by atoms with E-state index in [2.05, 4.69) is 39.8 Å². The van der Waals surface area contributed by atoms with Crippen LogP contribution in [0.15, 0.2) is 48.5 Å². The smallest absolute Gasteiger partial charge is 0.230 e. The minimum Gasteiger partial charge on any atom is -0.378 e. The number of nitrogens with zero attached hydrogens (tertiary/aromatic N) is 1. The van der Waals surface area contributed by atoms with E-state index in [0.717, 1.165) is 48.2 Å². The first kappa shape index (κ1) is 22.9. The minimum atomic E-state index is -0.498. The fourth-order valence-electron chi connectivity index (χ4n) is 4.22. The van der Waals surface area contributed by atoms with Gasteiger partial charge < -0.3 is 15.5 Å². The van der Waals surface area contributed by atoms with Gasteiger partial charge in [0.15, 0.2) is 0 Å². The molecule has 1 fully saturated rings. The fourth-order valence-corrected chi connectivity index (χ4v) is 4.22. The summed E-state index contributed by atoms with van der Waals surface area (Å²) in [5, 5.41) is 6.13. The highest BCUT2D eigenvalue weighted by atomic mass is 16.2. The minimum absolute atomic E-state index is 0.00171. The van der Waals surface area contributed by atoms with Crippen LogP contribution >= 0.6 is 0 Å². The van der Waals surface area contributed by atoms with Gasteiger partial charge in [-0.15, -0.1) is 0 Å². The summed E-state index contributed by atoms with van der Waals surface area (Å²) in [6.07, 6.45) is 4.99. The van der Waals surface area contributed by atoms with Gasteiger partial charge in [0.2, 0.25) is 11.8 Å². The van der Waals surface area contributed by atoms with Gasteiger partial charge in [0.25, 0.3) is 0 Å². The number of hydrogen-bond acceptors (Lipinski definition) is 3. The lowest BCUT2D eigenvalue weighted by molar-refractivity contribution is -0.128. The first-order valence-corrected chi connectivity index (χ1v) is 11.3. The molecule has 31 heavy (non-hydrogen) atoms. The van der Waals surface area contributed by atoms with Crippen molar-refractivity contribution in [2.75, 3.05) is 24.3 Å². The highest BCUT2D eigenvalue weighted by Gasteiger charge is 2.40. The first-order valence-electron chi connectivity index (χ1n) is 11.3. The van der Waals surface area contributed by atoms with Crippen LogP contribution in [0.25, 0.3) is 0 Å². The second-order valence-electron chi connectivity index (χ2n) is 9.11. The van der Waals surface area contributed by atoms with Crippen molar-refractivity contribution in [2.45, 2.75) is 57.9 Å². The summed E-state index contributed by atoms with van der Waals surface area (Å²) in [6.45, 7) is 4.27. The molecule has 0 saturated heterocycles. The summed E-state index contributed by atoms with van der Waals surface area (Å²) >= 11 is 0. The molecule has 5 heteroatoms. The predicted octanol–water partition coefficient (Wildman–Crippen LogP) is 4.87. The Labute approximate surface area is 186 Å². The van der Waals surface area contributed by atoms with Gasteiger partial charge in [0, 0.05) is 37.9 Å². The lowest BCUT2D eigenvalue weighted by Gasteiger charge is -2.36. The van der Waals surface area contributed by atoms with Crippen LogP contribution in [-0.4, -0.2) is 25.9 Å². The van der Waals surface area contributed by atoms with E-state index in [-0.39, 0.29) is 17.7 Å². The van der Waals surface area contributed by atoms with Gasteiger partial charge in [0.05, 0.1) is 5.41 Å². The number of amides is 2. The molecule has 2 aromatic carbocycles. The van der Waals surface area contributed by atoms with Gasteiger partial charge in [-0.05, 0) is 48.2 Å². The van der Waals surface area contributed by atoms with Crippen molar-refractivity contribution in [1.82, 2.24) is 5.32 Å². The lowest BCUT2D eigenvalue weighted by atomic mass is 9.68. The predicted molar refractivity (Wildman–Crippen MR) is 127 cm³/mol. The van der Waals surface area contributed by atoms with Crippen molar-refractivity contribution in [3.8, 4) is 0 Å². The highest BCUT2D eigenvalue weighted by molar-refractivity contribution is 5.92. The van der Waals surface area contributed by atoms with Crippen LogP contribution in [0.1, 0.15) is 57.1 Å². The van der Waals surface area contributed by atoms with E-state index >= 15 is 0 Å². The molecule has 2 amide bonds. The highest BCUT2D eigenvalue weighted by Crippen LogP contribution is 2.40. The molecule has 3 rings (SSSR count). The molecule has 0 aliphatic heterocycles. The molecule has 5 nitrogen and oxygen atoms in total. The summed E-state index contributed by atoms with van der Waals surface area (Å²) < 4.78 is 0. The van der Waals surface area contributed by atoms with E-state index in [0.29, 0.717) is 6.54 Å². The zero-order valence-electron chi connectivity index (χ0n) is 19.2. The van der Waals surface area contributed by atoms with Gasteiger partial charge in [-0.2, -0.15) is 0 Å². The van der Waals surface area contributed by atoms with Gasteiger partial charge >= 0.3 is 0 Å². The van der Waals surface area contributed by atoms with E-state index < -0.39 is 5.41 Å². The number of carbonyl (C=O) groups is 2. The van der Waals surface area contributed by atoms with E-state index in [1.807, 2.05) is 52.2 Å². The van der Waals surface area contributed by atoms with E-state index in [1.54, 1.807) is 0 Å². The first-order chi connectivity index (χ1) is 14.8. The van der Waals surface area contributed by atoms with Crippen molar-refractivity contribution in [2.24, 2.45) is 5.92 Å². The quantitative estimate of drug-likeness (QED) is 0.671. The summed E-state index contributed by atoms with van der Waals surface area (Å²) in [7, 11) is 4.03. The number of nitrogens with one attached hydrogen (secondary N) is 2. The Morgan fingerprint density at radius 2 is 1.55 bits per heavy atom. The Balaban J connectivity index is 1.73. The molecule has 1 aliphatic rings. The van der Waals surface area contributed by atoms with E-state index in [1.165, 1.54) is 6.42 Å². The number of benzene rings is 2. The Bertz CT molecular complexity index is 880. The summed E-state index contributed by atoms with van der Waals surface area (Å²) in [4.78, 5) is 27.5. The number of anilines is 2. The monoisotopic (exact) mass is 421 g/mol. The van der Waals surface area contributed by atoms with Crippen LogP contribution < -0.4 is 15.5 Å². The van der Waals surface area contributed by atoms with Crippen molar-refractivity contribution < 1.29 is 9.59 Å². The topological polar surface area (TPSA) is 61.4 Å². The SMILES string of the molecule is CC(C)C(=O)Nc1ccc(C2(C(=O)NCc3ccc(N(C)C)cc3)CCCCC2)cc1. The zero-order valence-corrected chi connectivity index (χ0v) is 19.2. The zero-order chi connectivity index (χ0) is 22.4. The lowest BCUT2D eigenvalue weighted by Crippen LogP contribution is -2.45. The van der Waals surface area contributed by atoms with Crippen LogP contribution in [0.5, 0.6) is 0 Å². The maximum absolute atomic E-state index is 13.4. The molecule has 0 spiro atoms. The molecule has 0 atom stereocenters. The Kier molecular flexibility index (Phi) is 7.37. The third-order valence-corrected chi connectivity index (χ3v) is 6.28. The largest absolute Gasteiger partial charge is 0.378 e. The summed E-state index contributed by atoms with van der Waals surface area (Å²) in [5.74, 6) is 0.0305. The van der Waals surface area contributed by atoms with Crippen molar-refractivity contribution in [1.29, 1.82) is 0 Å². The third kappa shape index (κ3) is 5.46. The van der Waals surface area contributed by atoms with E-state index in [9.17, 15) is 9.59 Å². The number of rotatable bonds is 7. The average molecular weight is 422 g/mol. The van der Waals surface area contributed by atoms with Crippen LogP contribution in [0.4, 0.5) is 11.4 Å². The molecular weight excluding hydrogens is 386 g/mol. The normalized spacial score (nSPS) is 15.4. The van der Waals surface area contributed by atoms with Gasteiger partial charge in [0.1, 0.15) is 0 Å². The molecule has 1 saturated carbocycles. The van der Waals surface area contributed by atoms with Gasteiger partial charge in [-0.3, -0.25) is 9.59 Å². The summed E-state index contributed by atoms with van der Waals surface area (Å²) in [6, 6.07) is 16.1. The molecule has 0 unspecified atom stereocenters. The van der Waals surface area contributed by atoms with Crippen molar-refractivity contribution in [3.63, 3.8) is 0 Å². The average Bonchev–Trinajstić information content (AvgIpc) is 2.78. The maximum atomic E-state index is 13.4. The summed E-state index contributed by atoms with van der Waals surface area (Å²) in [5.41, 5.74) is 3.55. The maximum Gasteiger partial charge on any atom is 0.230 e.